The predicted octanol–water partition coefficient (Wildman–Crippen LogP) is 1.71. The van der Waals surface area contributed by atoms with Crippen molar-refractivity contribution in [2.75, 3.05) is 11.4 Å². The summed E-state index contributed by atoms with van der Waals surface area (Å²) in [5.41, 5.74) is -0.0355. The molecule has 0 bridgehead atoms. The second-order valence-electron chi connectivity index (χ2n) is 4.89. The van der Waals surface area contributed by atoms with Crippen LogP contribution in [0.2, 0.25) is 0 Å². The van der Waals surface area contributed by atoms with Crippen LogP contribution < -0.4 is 10.5 Å². The van der Waals surface area contributed by atoms with Crippen LogP contribution in [0, 0.1) is 11.3 Å². The second-order valence-corrected chi connectivity index (χ2v) is 4.89. The number of nitrogens with zero attached hydrogens (tertiary/aromatic N) is 4. The molecule has 1 aliphatic rings. The molecule has 2 rings (SSSR count). The summed E-state index contributed by atoms with van der Waals surface area (Å²) in [7, 11) is 0. The van der Waals surface area contributed by atoms with Gasteiger partial charge in [0.1, 0.15) is 0 Å². The predicted molar refractivity (Wildman–Crippen MR) is 69.5 cm³/mol. The molecule has 0 aliphatic heterocycles. The minimum atomic E-state index is -0.0355. The maximum absolute atomic E-state index is 12.3. The standard InChI is InChI=1S/C13H18N4O/c1-10(2)16(8-3-6-14)12-13(18)17(9-7-15-12)11-4-5-11/h7,9-11H,3-5,8H2,1-2H3. The number of hydrogen-bond donors (Lipinski definition) is 0. The molecule has 0 unspecified atom stereocenters. The lowest BCUT2D eigenvalue weighted by Gasteiger charge is -2.26. The zero-order valence-corrected chi connectivity index (χ0v) is 10.8. The molecule has 0 N–H and O–H groups in total. The van der Waals surface area contributed by atoms with Crippen LogP contribution in [-0.4, -0.2) is 22.1 Å². The van der Waals surface area contributed by atoms with E-state index in [9.17, 15) is 4.79 Å². The Morgan fingerprint density at radius 2 is 2.33 bits per heavy atom. The Kier molecular flexibility index (Phi) is 3.66. The van der Waals surface area contributed by atoms with Crippen LogP contribution in [0.1, 0.15) is 39.2 Å². The molecule has 0 saturated heterocycles. The molecule has 1 aliphatic carbocycles. The van der Waals surface area contributed by atoms with Gasteiger partial charge in [0.05, 0.1) is 12.5 Å². The molecule has 0 amide bonds. The van der Waals surface area contributed by atoms with E-state index in [0.29, 0.717) is 24.8 Å². The fraction of sp³-hybridized carbons (Fsp3) is 0.615. The SMILES string of the molecule is CC(C)N(CCC#N)c1nccn(C2CC2)c1=O. The van der Waals surface area contributed by atoms with Gasteiger partial charge in [-0.3, -0.25) is 4.79 Å². The number of hydrogen-bond acceptors (Lipinski definition) is 4. The molecule has 96 valence electrons. The average molecular weight is 246 g/mol. The van der Waals surface area contributed by atoms with Gasteiger partial charge in [-0.05, 0) is 26.7 Å². The van der Waals surface area contributed by atoms with Gasteiger partial charge in [0.2, 0.25) is 0 Å². The zero-order valence-electron chi connectivity index (χ0n) is 10.8. The molecule has 1 saturated carbocycles. The van der Waals surface area contributed by atoms with E-state index in [0.717, 1.165) is 12.8 Å². The van der Waals surface area contributed by atoms with Crippen molar-refractivity contribution < 1.29 is 0 Å². The van der Waals surface area contributed by atoms with Gasteiger partial charge in [-0.25, -0.2) is 4.98 Å². The van der Waals surface area contributed by atoms with E-state index in [1.807, 2.05) is 18.7 Å². The topological polar surface area (TPSA) is 61.9 Å². The molecule has 1 fully saturated rings. The van der Waals surface area contributed by atoms with Gasteiger partial charge in [-0.15, -0.1) is 0 Å². The Bertz CT molecular complexity index is 510. The number of anilines is 1. The van der Waals surface area contributed by atoms with E-state index >= 15 is 0 Å². The largest absolute Gasteiger partial charge is 0.349 e. The molecule has 1 aromatic rings. The van der Waals surface area contributed by atoms with Crippen LogP contribution in [0.3, 0.4) is 0 Å². The highest BCUT2D eigenvalue weighted by Crippen LogP contribution is 2.33. The van der Waals surface area contributed by atoms with Crippen LogP contribution >= 0.6 is 0 Å². The number of nitriles is 1. The highest BCUT2D eigenvalue weighted by atomic mass is 16.1. The first kappa shape index (κ1) is 12.6. The Hall–Kier alpha value is -1.83. The van der Waals surface area contributed by atoms with Crippen molar-refractivity contribution in [1.29, 1.82) is 5.26 Å². The highest BCUT2D eigenvalue weighted by Gasteiger charge is 2.26. The lowest BCUT2D eigenvalue weighted by atomic mass is 10.3. The molecule has 5 heteroatoms. The van der Waals surface area contributed by atoms with Crippen LogP contribution in [0.5, 0.6) is 0 Å². The van der Waals surface area contributed by atoms with Crippen molar-refractivity contribution in [2.24, 2.45) is 0 Å². The van der Waals surface area contributed by atoms with Crippen molar-refractivity contribution in [1.82, 2.24) is 9.55 Å². The van der Waals surface area contributed by atoms with E-state index < -0.39 is 0 Å². The third-order valence-corrected chi connectivity index (χ3v) is 3.15. The van der Waals surface area contributed by atoms with Crippen molar-refractivity contribution in [3.8, 4) is 6.07 Å². The van der Waals surface area contributed by atoms with Crippen molar-refractivity contribution in [3.05, 3.63) is 22.7 Å². The van der Waals surface area contributed by atoms with Gasteiger partial charge < -0.3 is 9.47 Å². The third-order valence-electron chi connectivity index (χ3n) is 3.15. The molecule has 0 aromatic carbocycles. The Balaban J connectivity index is 2.32. The summed E-state index contributed by atoms with van der Waals surface area (Å²) in [5, 5.41) is 8.69. The van der Waals surface area contributed by atoms with Gasteiger partial charge in [-0.2, -0.15) is 5.26 Å². The quantitative estimate of drug-likeness (QED) is 0.793. The van der Waals surface area contributed by atoms with Gasteiger partial charge in [0.25, 0.3) is 5.56 Å². The first-order chi connectivity index (χ1) is 8.65. The molecule has 1 aromatic heterocycles. The van der Waals surface area contributed by atoms with Gasteiger partial charge in [-0.1, -0.05) is 0 Å². The van der Waals surface area contributed by atoms with Crippen LogP contribution in [0.15, 0.2) is 17.2 Å². The molecule has 0 atom stereocenters. The number of aromatic nitrogens is 2. The summed E-state index contributed by atoms with van der Waals surface area (Å²) < 4.78 is 1.77. The summed E-state index contributed by atoms with van der Waals surface area (Å²) in [4.78, 5) is 18.4. The van der Waals surface area contributed by atoms with Gasteiger partial charge in [0, 0.05) is 31.0 Å². The maximum Gasteiger partial charge on any atom is 0.293 e. The summed E-state index contributed by atoms with van der Waals surface area (Å²) in [6.45, 7) is 4.56. The summed E-state index contributed by atoms with van der Waals surface area (Å²) in [6.07, 6.45) is 5.98. The summed E-state index contributed by atoms with van der Waals surface area (Å²) in [5.74, 6) is 0.467. The maximum atomic E-state index is 12.3. The van der Waals surface area contributed by atoms with E-state index in [-0.39, 0.29) is 11.6 Å². The Morgan fingerprint density at radius 1 is 1.61 bits per heavy atom. The first-order valence-electron chi connectivity index (χ1n) is 6.36. The first-order valence-corrected chi connectivity index (χ1v) is 6.36. The molecule has 0 spiro atoms. The second kappa shape index (κ2) is 5.21. The van der Waals surface area contributed by atoms with E-state index in [1.165, 1.54) is 0 Å². The average Bonchev–Trinajstić information content (AvgIpc) is 3.15. The smallest absolute Gasteiger partial charge is 0.293 e. The van der Waals surface area contributed by atoms with Crippen LogP contribution in [0.4, 0.5) is 5.82 Å². The van der Waals surface area contributed by atoms with E-state index in [1.54, 1.807) is 17.0 Å². The fourth-order valence-corrected chi connectivity index (χ4v) is 2.03. The summed E-state index contributed by atoms with van der Waals surface area (Å²) in [6, 6.07) is 2.63. The summed E-state index contributed by atoms with van der Waals surface area (Å²) >= 11 is 0. The Labute approximate surface area is 107 Å². The van der Waals surface area contributed by atoms with E-state index in [4.69, 9.17) is 5.26 Å². The van der Waals surface area contributed by atoms with Crippen LogP contribution in [-0.2, 0) is 0 Å². The number of rotatable bonds is 5. The molecular weight excluding hydrogens is 228 g/mol. The minimum absolute atomic E-state index is 0.0355. The Morgan fingerprint density at radius 3 is 2.89 bits per heavy atom. The zero-order chi connectivity index (χ0) is 13.1. The lowest BCUT2D eigenvalue weighted by Crippen LogP contribution is -2.38. The fourth-order valence-electron chi connectivity index (χ4n) is 2.03. The third kappa shape index (κ3) is 2.53. The molecule has 5 nitrogen and oxygen atoms in total. The van der Waals surface area contributed by atoms with Gasteiger partial charge in [0.15, 0.2) is 5.82 Å². The minimum Gasteiger partial charge on any atom is -0.349 e. The monoisotopic (exact) mass is 246 g/mol. The van der Waals surface area contributed by atoms with Crippen LogP contribution in [0.25, 0.3) is 0 Å². The van der Waals surface area contributed by atoms with Crippen molar-refractivity contribution in [3.63, 3.8) is 0 Å². The molecule has 0 radical (unpaired) electrons. The lowest BCUT2D eigenvalue weighted by molar-refractivity contribution is 0.643. The van der Waals surface area contributed by atoms with Crippen molar-refractivity contribution in [2.45, 2.75) is 45.2 Å². The highest BCUT2D eigenvalue weighted by molar-refractivity contribution is 5.37. The normalized spacial score (nSPS) is 14.6. The molecule has 1 heterocycles. The van der Waals surface area contributed by atoms with E-state index in [2.05, 4.69) is 11.1 Å². The molecule has 18 heavy (non-hydrogen) atoms. The van der Waals surface area contributed by atoms with Crippen molar-refractivity contribution >= 4 is 5.82 Å². The molecular formula is C13H18N4O. The van der Waals surface area contributed by atoms with Gasteiger partial charge >= 0.3 is 0 Å².